The Morgan fingerprint density at radius 1 is 0.938 bits per heavy atom. The smallest absolute Gasteiger partial charge is 0.253 e. The van der Waals surface area contributed by atoms with Crippen LogP contribution in [-0.2, 0) is 16.6 Å². The Morgan fingerprint density at radius 3 is 2.19 bits per heavy atom. The van der Waals surface area contributed by atoms with Gasteiger partial charge in [-0.15, -0.1) is 0 Å². The van der Waals surface area contributed by atoms with Gasteiger partial charge in [-0.2, -0.15) is 4.31 Å². The molecule has 7 nitrogen and oxygen atoms in total. The van der Waals surface area contributed by atoms with Gasteiger partial charge in [-0.1, -0.05) is 12.1 Å². The van der Waals surface area contributed by atoms with E-state index in [1.165, 1.54) is 5.56 Å². The minimum Gasteiger partial charge on any atom is -0.497 e. The third-order valence-corrected chi connectivity index (χ3v) is 7.82. The van der Waals surface area contributed by atoms with Gasteiger partial charge in [-0.05, 0) is 68.8 Å². The molecular weight excluding hydrogens is 426 g/mol. The molecule has 0 radical (unpaired) electrons. The molecular formula is C24H33N3O4S. The summed E-state index contributed by atoms with van der Waals surface area (Å²) in [6, 6.07) is 14.3. The zero-order chi connectivity index (χ0) is 23.1. The SMILES string of the molecule is CCN(CC)C(=O)c1ccc(S(=O)(=O)N2CCCN(Cc3ccc(OC)cc3)CC2)cc1. The monoisotopic (exact) mass is 459 g/mol. The Bertz CT molecular complexity index is 987. The zero-order valence-electron chi connectivity index (χ0n) is 19.2. The van der Waals surface area contributed by atoms with Gasteiger partial charge in [0, 0.05) is 44.8 Å². The standard InChI is InChI=1S/C24H33N3O4S/c1-4-26(5-2)24(28)21-9-13-23(14-10-21)32(29,30)27-16-6-15-25(17-18-27)19-20-7-11-22(31-3)12-8-20/h7-14H,4-6,15-19H2,1-3H3. The zero-order valence-corrected chi connectivity index (χ0v) is 20.0. The molecule has 174 valence electrons. The molecule has 1 aliphatic rings. The minimum absolute atomic E-state index is 0.0807. The number of rotatable bonds is 8. The maximum absolute atomic E-state index is 13.2. The highest BCUT2D eigenvalue weighted by atomic mass is 32.2. The second-order valence-electron chi connectivity index (χ2n) is 7.88. The molecule has 1 aliphatic heterocycles. The van der Waals surface area contributed by atoms with Crippen LogP contribution in [0.15, 0.2) is 53.4 Å². The molecule has 3 rings (SSSR count). The van der Waals surface area contributed by atoms with Gasteiger partial charge in [0.1, 0.15) is 5.75 Å². The molecule has 1 saturated heterocycles. The van der Waals surface area contributed by atoms with E-state index in [0.717, 1.165) is 25.3 Å². The fourth-order valence-corrected chi connectivity index (χ4v) is 5.42. The lowest BCUT2D eigenvalue weighted by Crippen LogP contribution is -2.35. The van der Waals surface area contributed by atoms with Crippen molar-refractivity contribution >= 4 is 15.9 Å². The molecule has 2 aromatic rings. The lowest BCUT2D eigenvalue weighted by molar-refractivity contribution is 0.0773. The maximum atomic E-state index is 13.2. The number of ether oxygens (including phenoxy) is 1. The Hall–Kier alpha value is -2.42. The molecule has 8 heteroatoms. The predicted molar refractivity (Wildman–Crippen MR) is 125 cm³/mol. The maximum Gasteiger partial charge on any atom is 0.253 e. The van der Waals surface area contributed by atoms with Gasteiger partial charge in [-0.3, -0.25) is 9.69 Å². The van der Waals surface area contributed by atoms with Gasteiger partial charge < -0.3 is 9.64 Å². The summed E-state index contributed by atoms with van der Waals surface area (Å²) in [5.74, 6) is 0.745. The first kappa shape index (κ1) is 24.2. The molecule has 1 amide bonds. The van der Waals surface area contributed by atoms with E-state index in [1.54, 1.807) is 40.6 Å². The third kappa shape index (κ3) is 5.68. The Labute approximate surface area is 191 Å². The highest BCUT2D eigenvalue weighted by molar-refractivity contribution is 7.89. The van der Waals surface area contributed by atoms with Crippen LogP contribution in [0.3, 0.4) is 0 Å². The molecule has 0 spiro atoms. The molecule has 0 aromatic heterocycles. The summed E-state index contributed by atoms with van der Waals surface area (Å²) in [4.78, 5) is 16.7. The van der Waals surface area contributed by atoms with Crippen molar-refractivity contribution in [2.75, 3.05) is 46.4 Å². The van der Waals surface area contributed by atoms with Crippen molar-refractivity contribution in [3.63, 3.8) is 0 Å². The summed E-state index contributed by atoms with van der Waals surface area (Å²) >= 11 is 0. The first-order valence-corrected chi connectivity index (χ1v) is 12.6. The van der Waals surface area contributed by atoms with Gasteiger partial charge in [0.2, 0.25) is 10.0 Å². The van der Waals surface area contributed by atoms with E-state index < -0.39 is 10.0 Å². The second-order valence-corrected chi connectivity index (χ2v) is 9.82. The molecule has 2 aromatic carbocycles. The lowest BCUT2D eigenvalue weighted by Gasteiger charge is -2.22. The van der Waals surface area contributed by atoms with Crippen LogP contribution in [0.1, 0.15) is 36.2 Å². The van der Waals surface area contributed by atoms with Crippen molar-refractivity contribution in [3.8, 4) is 5.75 Å². The Morgan fingerprint density at radius 2 is 1.59 bits per heavy atom. The highest BCUT2D eigenvalue weighted by Gasteiger charge is 2.27. The number of sulfonamides is 1. The number of carbonyl (C=O) groups is 1. The molecule has 1 heterocycles. The van der Waals surface area contributed by atoms with Gasteiger partial charge in [0.25, 0.3) is 5.91 Å². The third-order valence-electron chi connectivity index (χ3n) is 5.90. The van der Waals surface area contributed by atoms with E-state index in [-0.39, 0.29) is 10.8 Å². The molecule has 0 aliphatic carbocycles. The number of carbonyl (C=O) groups excluding carboxylic acids is 1. The predicted octanol–water partition coefficient (Wildman–Crippen LogP) is 3.07. The number of hydrogen-bond donors (Lipinski definition) is 0. The van der Waals surface area contributed by atoms with E-state index in [9.17, 15) is 13.2 Å². The largest absolute Gasteiger partial charge is 0.497 e. The quantitative estimate of drug-likeness (QED) is 0.607. The van der Waals surface area contributed by atoms with Crippen molar-refractivity contribution in [1.29, 1.82) is 0 Å². The second kappa shape index (κ2) is 10.9. The average molecular weight is 460 g/mol. The fraction of sp³-hybridized carbons (Fsp3) is 0.458. The summed E-state index contributed by atoms with van der Waals surface area (Å²) in [5, 5.41) is 0. The van der Waals surface area contributed by atoms with Crippen molar-refractivity contribution in [3.05, 3.63) is 59.7 Å². The van der Waals surface area contributed by atoms with E-state index in [0.29, 0.717) is 38.3 Å². The highest BCUT2D eigenvalue weighted by Crippen LogP contribution is 2.20. The summed E-state index contributed by atoms with van der Waals surface area (Å²) in [5.41, 5.74) is 1.68. The normalized spacial score (nSPS) is 15.8. The summed E-state index contributed by atoms with van der Waals surface area (Å²) in [6.07, 6.45) is 0.772. The van der Waals surface area contributed by atoms with Crippen LogP contribution >= 0.6 is 0 Å². The van der Waals surface area contributed by atoms with E-state index in [1.807, 2.05) is 38.1 Å². The number of hydrogen-bond acceptors (Lipinski definition) is 5. The summed E-state index contributed by atoms with van der Waals surface area (Å²) in [6.45, 7) is 8.32. The topological polar surface area (TPSA) is 70.2 Å². The van der Waals surface area contributed by atoms with Gasteiger partial charge in [0.15, 0.2) is 0 Å². The Kier molecular flexibility index (Phi) is 8.28. The van der Waals surface area contributed by atoms with Crippen molar-refractivity contribution in [1.82, 2.24) is 14.1 Å². The van der Waals surface area contributed by atoms with Crippen LogP contribution in [0.2, 0.25) is 0 Å². The van der Waals surface area contributed by atoms with E-state index >= 15 is 0 Å². The number of nitrogens with zero attached hydrogens (tertiary/aromatic N) is 3. The molecule has 0 atom stereocenters. The van der Waals surface area contributed by atoms with Gasteiger partial charge >= 0.3 is 0 Å². The Balaban J connectivity index is 1.65. The molecule has 32 heavy (non-hydrogen) atoms. The molecule has 1 fully saturated rings. The van der Waals surface area contributed by atoms with E-state index in [2.05, 4.69) is 4.90 Å². The number of methoxy groups -OCH3 is 1. The van der Waals surface area contributed by atoms with Crippen LogP contribution in [0.25, 0.3) is 0 Å². The molecule has 0 saturated carbocycles. The summed E-state index contributed by atoms with van der Waals surface area (Å²) < 4.78 is 33.2. The van der Waals surface area contributed by atoms with Gasteiger partial charge in [-0.25, -0.2) is 8.42 Å². The number of amides is 1. The fourth-order valence-electron chi connectivity index (χ4n) is 3.95. The van der Waals surface area contributed by atoms with Crippen molar-refractivity contribution in [2.45, 2.75) is 31.7 Å². The molecule has 0 unspecified atom stereocenters. The molecule has 0 N–H and O–H groups in total. The van der Waals surface area contributed by atoms with Crippen LogP contribution < -0.4 is 4.74 Å². The minimum atomic E-state index is -3.60. The van der Waals surface area contributed by atoms with E-state index in [4.69, 9.17) is 4.74 Å². The first-order chi connectivity index (χ1) is 15.4. The number of benzene rings is 2. The van der Waals surface area contributed by atoms with Gasteiger partial charge in [0.05, 0.1) is 12.0 Å². The van der Waals surface area contributed by atoms with Crippen LogP contribution in [0.4, 0.5) is 0 Å². The van der Waals surface area contributed by atoms with Crippen LogP contribution in [0, 0.1) is 0 Å². The first-order valence-electron chi connectivity index (χ1n) is 11.1. The van der Waals surface area contributed by atoms with Crippen molar-refractivity contribution in [2.24, 2.45) is 0 Å². The lowest BCUT2D eigenvalue weighted by atomic mass is 10.2. The molecule has 0 bridgehead atoms. The average Bonchev–Trinajstić information content (AvgIpc) is 3.06. The van der Waals surface area contributed by atoms with Crippen LogP contribution in [-0.4, -0.2) is 74.8 Å². The van der Waals surface area contributed by atoms with Crippen molar-refractivity contribution < 1.29 is 17.9 Å². The summed E-state index contributed by atoms with van der Waals surface area (Å²) in [7, 11) is -1.95. The van der Waals surface area contributed by atoms with Crippen LogP contribution in [0.5, 0.6) is 5.75 Å².